The van der Waals surface area contributed by atoms with Gasteiger partial charge < -0.3 is 15.1 Å². The van der Waals surface area contributed by atoms with Gasteiger partial charge in [0, 0.05) is 45.0 Å². The number of guanidine groups is 1. The van der Waals surface area contributed by atoms with Crippen molar-refractivity contribution in [1.29, 1.82) is 0 Å². The lowest BCUT2D eigenvalue weighted by atomic mass is 10.2. The number of benzene rings is 1. The molecule has 96 valence electrons. The third kappa shape index (κ3) is 2.34. The highest BCUT2D eigenvalue weighted by Gasteiger charge is 2.23. The first-order chi connectivity index (χ1) is 8.95. The summed E-state index contributed by atoms with van der Waals surface area (Å²) in [6.45, 7) is 6.27. The molecule has 4 nitrogen and oxygen atoms in total. The molecule has 0 spiro atoms. The molecule has 4 heteroatoms. The van der Waals surface area contributed by atoms with Crippen LogP contribution in [0.2, 0.25) is 0 Å². The molecule has 2 heterocycles. The van der Waals surface area contributed by atoms with Crippen LogP contribution in [-0.4, -0.2) is 50.1 Å². The fourth-order valence-corrected chi connectivity index (χ4v) is 2.58. The van der Waals surface area contributed by atoms with Gasteiger partial charge in [-0.3, -0.25) is 4.99 Å². The Morgan fingerprint density at radius 1 is 1.00 bits per heavy atom. The zero-order chi connectivity index (χ0) is 12.2. The van der Waals surface area contributed by atoms with E-state index in [2.05, 4.69) is 45.4 Å². The number of anilines is 1. The predicted octanol–water partition coefficient (Wildman–Crippen LogP) is 1.16. The molecule has 1 fully saturated rings. The van der Waals surface area contributed by atoms with Crippen LogP contribution >= 0.6 is 0 Å². The first-order valence-corrected chi connectivity index (χ1v) is 6.78. The van der Waals surface area contributed by atoms with Crippen LogP contribution in [0.15, 0.2) is 35.3 Å². The van der Waals surface area contributed by atoms with Crippen molar-refractivity contribution in [3.8, 4) is 0 Å². The van der Waals surface area contributed by atoms with Crippen molar-refractivity contribution >= 4 is 11.6 Å². The summed E-state index contributed by atoms with van der Waals surface area (Å²) < 4.78 is 0. The summed E-state index contributed by atoms with van der Waals surface area (Å²) in [5.74, 6) is 1.16. The van der Waals surface area contributed by atoms with Gasteiger partial charge in [-0.05, 0) is 18.6 Å². The average molecular weight is 244 g/mol. The maximum atomic E-state index is 4.75. The maximum Gasteiger partial charge on any atom is 0.201 e. The van der Waals surface area contributed by atoms with Crippen molar-refractivity contribution in [2.45, 2.75) is 6.42 Å². The van der Waals surface area contributed by atoms with E-state index >= 15 is 0 Å². The highest BCUT2D eigenvalue weighted by Crippen LogP contribution is 2.18. The van der Waals surface area contributed by atoms with E-state index in [0.29, 0.717) is 0 Å². The van der Waals surface area contributed by atoms with E-state index < -0.39 is 0 Å². The summed E-state index contributed by atoms with van der Waals surface area (Å²) >= 11 is 0. The molecule has 0 unspecified atom stereocenters. The first kappa shape index (κ1) is 11.5. The van der Waals surface area contributed by atoms with Crippen molar-refractivity contribution in [1.82, 2.24) is 10.2 Å². The monoisotopic (exact) mass is 244 g/mol. The van der Waals surface area contributed by atoms with E-state index in [1.807, 2.05) is 0 Å². The third-order valence-electron chi connectivity index (χ3n) is 3.50. The second-order valence-electron chi connectivity index (χ2n) is 4.76. The lowest BCUT2D eigenvalue weighted by Gasteiger charge is -2.38. The van der Waals surface area contributed by atoms with E-state index in [1.54, 1.807) is 0 Å². The van der Waals surface area contributed by atoms with Crippen molar-refractivity contribution in [2.75, 3.05) is 44.2 Å². The standard InChI is InChI=1S/C14H20N4/c1-2-5-13(6-3-1)18-10-4-7-16-14(18)17-11-8-15-9-12-17/h1-3,5-6,15H,4,7-12H2. The fraction of sp³-hybridized carbons (Fsp3) is 0.500. The molecule has 2 aliphatic heterocycles. The summed E-state index contributed by atoms with van der Waals surface area (Å²) in [4.78, 5) is 9.51. The Labute approximate surface area is 108 Å². The normalized spacial score (nSPS) is 20.8. The average Bonchev–Trinajstić information content (AvgIpc) is 2.49. The van der Waals surface area contributed by atoms with E-state index in [1.165, 1.54) is 5.69 Å². The molecule has 1 N–H and O–H groups in total. The zero-order valence-corrected chi connectivity index (χ0v) is 10.7. The van der Waals surface area contributed by atoms with Crippen LogP contribution < -0.4 is 10.2 Å². The quantitative estimate of drug-likeness (QED) is 0.804. The van der Waals surface area contributed by atoms with Gasteiger partial charge in [-0.1, -0.05) is 18.2 Å². The second kappa shape index (κ2) is 5.40. The van der Waals surface area contributed by atoms with Crippen LogP contribution in [0.3, 0.4) is 0 Å². The minimum atomic E-state index is 0.961. The molecule has 0 saturated carbocycles. The topological polar surface area (TPSA) is 30.9 Å². The van der Waals surface area contributed by atoms with Gasteiger partial charge in [0.25, 0.3) is 0 Å². The third-order valence-corrected chi connectivity index (χ3v) is 3.50. The van der Waals surface area contributed by atoms with Crippen LogP contribution in [0.4, 0.5) is 5.69 Å². The van der Waals surface area contributed by atoms with Crippen molar-refractivity contribution in [3.63, 3.8) is 0 Å². The number of para-hydroxylation sites is 1. The highest BCUT2D eigenvalue weighted by atomic mass is 15.4. The smallest absolute Gasteiger partial charge is 0.201 e. The van der Waals surface area contributed by atoms with Crippen molar-refractivity contribution in [2.24, 2.45) is 4.99 Å². The number of nitrogens with one attached hydrogen (secondary N) is 1. The van der Waals surface area contributed by atoms with Crippen LogP contribution in [0.25, 0.3) is 0 Å². The largest absolute Gasteiger partial charge is 0.340 e. The number of rotatable bonds is 1. The summed E-state index contributed by atoms with van der Waals surface area (Å²) in [7, 11) is 0. The number of aliphatic imine (C=N–C) groups is 1. The number of hydrogen-bond donors (Lipinski definition) is 1. The Balaban J connectivity index is 1.83. The Hall–Kier alpha value is -1.55. The highest BCUT2D eigenvalue weighted by molar-refractivity contribution is 5.96. The molecular formula is C14H20N4. The number of nitrogens with zero attached hydrogens (tertiary/aromatic N) is 3. The summed E-state index contributed by atoms with van der Waals surface area (Å²) in [5, 5.41) is 3.39. The molecular weight excluding hydrogens is 224 g/mol. The van der Waals surface area contributed by atoms with Crippen molar-refractivity contribution in [3.05, 3.63) is 30.3 Å². The van der Waals surface area contributed by atoms with E-state index in [9.17, 15) is 0 Å². The minimum Gasteiger partial charge on any atom is -0.340 e. The molecule has 0 aromatic heterocycles. The van der Waals surface area contributed by atoms with Gasteiger partial charge in [-0.25, -0.2) is 0 Å². The van der Waals surface area contributed by atoms with Gasteiger partial charge in [0.15, 0.2) is 0 Å². The molecule has 2 aliphatic rings. The molecule has 0 radical (unpaired) electrons. The van der Waals surface area contributed by atoms with Gasteiger partial charge in [-0.15, -0.1) is 0 Å². The number of hydrogen-bond acceptors (Lipinski definition) is 4. The van der Waals surface area contributed by atoms with E-state index in [4.69, 9.17) is 4.99 Å². The van der Waals surface area contributed by atoms with Gasteiger partial charge in [0.05, 0.1) is 0 Å². The van der Waals surface area contributed by atoms with Gasteiger partial charge in [-0.2, -0.15) is 0 Å². The molecule has 1 aromatic rings. The zero-order valence-electron chi connectivity index (χ0n) is 10.7. The summed E-state index contributed by atoms with van der Waals surface area (Å²) in [6, 6.07) is 10.6. The van der Waals surface area contributed by atoms with E-state index in [-0.39, 0.29) is 0 Å². The summed E-state index contributed by atoms with van der Waals surface area (Å²) in [5.41, 5.74) is 1.26. The maximum absolute atomic E-state index is 4.75. The predicted molar refractivity (Wildman–Crippen MR) is 75.1 cm³/mol. The van der Waals surface area contributed by atoms with Crippen molar-refractivity contribution < 1.29 is 0 Å². The Morgan fingerprint density at radius 3 is 2.56 bits per heavy atom. The van der Waals surface area contributed by atoms with Gasteiger partial charge in [0.2, 0.25) is 5.96 Å². The molecule has 18 heavy (non-hydrogen) atoms. The first-order valence-electron chi connectivity index (χ1n) is 6.78. The van der Waals surface area contributed by atoms with Gasteiger partial charge in [0.1, 0.15) is 0 Å². The SMILES string of the molecule is c1ccc(N2CCCN=C2N2CCNCC2)cc1. The molecule has 1 aromatic carbocycles. The second-order valence-corrected chi connectivity index (χ2v) is 4.76. The fourth-order valence-electron chi connectivity index (χ4n) is 2.58. The van der Waals surface area contributed by atoms with Crippen LogP contribution in [0.1, 0.15) is 6.42 Å². The van der Waals surface area contributed by atoms with E-state index in [0.717, 1.165) is 51.6 Å². The number of piperazine rings is 1. The molecule has 0 amide bonds. The Morgan fingerprint density at radius 2 is 1.78 bits per heavy atom. The molecule has 1 saturated heterocycles. The molecule has 0 atom stereocenters. The Bertz CT molecular complexity index is 409. The molecule has 0 aliphatic carbocycles. The van der Waals surface area contributed by atoms with Crippen LogP contribution in [0.5, 0.6) is 0 Å². The molecule has 3 rings (SSSR count). The molecule has 0 bridgehead atoms. The minimum absolute atomic E-state index is 0.961. The van der Waals surface area contributed by atoms with Gasteiger partial charge >= 0.3 is 0 Å². The van der Waals surface area contributed by atoms with Crippen LogP contribution in [-0.2, 0) is 0 Å². The van der Waals surface area contributed by atoms with Crippen LogP contribution in [0, 0.1) is 0 Å². The lowest BCUT2D eigenvalue weighted by molar-refractivity contribution is 0.348. The lowest BCUT2D eigenvalue weighted by Crippen LogP contribution is -2.54. The summed E-state index contributed by atoms with van der Waals surface area (Å²) in [6.07, 6.45) is 1.14. The Kier molecular flexibility index (Phi) is 3.46.